The van der Waals surface area contributed by atoms with Gasteiger partial charge in [0.15, 0.2) is 5.84 Å². The third-order valence-corrected chi connectivity index (χ3v) is 4.27. The molecule has 0 saturated carbocycles. The lowest BCUT2D eigenvalue weighted by Gasteiger charge is -2.05. The number of para-hydroxylation sites is 1. The first kappa shape index (κ1) is 17.1. The van der Waals surface area contributed by atoms with Crippen molar-refractivity contribution in [2.45, 2.75) is 6.61 Å². The molecular weight excluding hydrogens is 364 g/mol. The van der Waals surface area contributed by atoms with Crippen molar-refractivity contribution in [1.82, 2.24) is 0 Å². The van der Waals surface area contributed by atoms with Gasteiger partial charge >= 0.3 is 5.97 Å². The Bertz CT molecular complexity index is 890. The number of oxime groups is 1. The molecule has 3 rings (SSSR count). The van der Waals surface area contributed by atoms with Crippen molar-refractivity contribution < 1.29 is 18.8 Å². The van der Waals surface area contributed by atoms with Crippen molar-refractivity contribution in [2.75, 3.05) is 0 Å². The summed E-state index contributed by atoms with van der Waals surface area (Å²) in [5.41, 5.74) is 5.72. The van der Waals surface area contributed by atoms with Crippen molar-refractivity contribution >= 4 is 34.7 Å². The molecule has 0 bridgehead atoms. The van der Waals surface area contributed by atoms with Crippen LogP contribution in [0.2, 0.25) is 5.02 Å². The number of carbonyl (C=O) groups excluding carboxylic acids is 1. The highest BCUT2D eigenvalue weighted by Gasteiger charge is 2.14. The average Bonchev–Trinajstić information content (AvgIpc) is 3.30. The Labute approximate surface area is 152 Å². The standard InChI is InChI=1S/C17H13ClN2O4S/c18-12-4-1-2-5-13(12)22-10-11-7-8-14(23-11)17(21)24-20-16(19)15-6-3-9-25-15/h1-9H,10H2,(H2,19,20). The van der Waals surface area contributed by atoms with Crippen molar-refractivity contribution in [3.8, 4) is 5.75 Å². The fraction of sp³-hybridized carbons (Fsp3) is 0.0588. The molecule has 3 aromatic rings. The Morgan fingerprint density at radius 1 is 1.20 bits per heavy atom. The molecule has 0 fully saturated rings. The summed E-state index contributed by atoms with van der Waals surface area (Å²) in [6.45, 7) is 0.123. The molecule has 2 heterocycles. The third kappa shape index (κ3) is 4.40. The minimum atomic E-state index is -0.747. The van der Waals surface area contributed by atoms with Crippen LogP contribution in [0, 0.1) is 0 Å². The Hall–Kier alpha value is -2.77. The van der Waals surface area contributed by atoms with Gasteiger partial charge in [-0.25, -0.2) is 4.79 Å². The molecule has 0 saturated heterocycles. The lowest BCUT2D eigenvalue weighted by Crippen LogP contribution is -2.13. The second-order valence-electron chi connectivity index (χ2n) is 4.82. The van der Waals surface area contributed by atoms with Gasteiger partial charge in [-0.2, -0.15) is 0 Å². The Morgan fingerprint density at radius 2 is 2.04 bits per heavy atom. The number of rotatable bonds is 6. The second kappa shape index (κ2) is 7.87. The van der Waals surface area contributed by atoms with Gasteiger partial charge in [0.1, 0.15) is 18.1 Å². The first-order valence-corrected chi connectivity index (χ1v) is 8.44. The molecule has 0 aliphatic heterocycles. The van der Waals surface area contributed by atoms with E-state index in [4.69, 9.17) is 31.3 Å². The molecule has 0 aliphatic rings. The Balaban J connectivity index is 1.58. The topological polar surface area (TPSA) is 87.1 Å². The van der Waals surface area contributed by atoms with Crippen molar-refractivity contribution in [1.29, 1.82) is 0 Å². The van der Waals surface area contributed by atoms with Crippen molar-refractivity contribution in [3.05, 3.63) is 75.3 Å². The van der Waals surface area contributed by atoms with E-state index in [2.05, 4.69) is 5.16 Å². The average molecular weight is 377 g/mol. The van der Waals surface area contributed by atoms with Crippen molar-refractivity contribution in [2.24, 2.45) is 10.9 Å². The zero-order valence-electron chi connectivity index (χ0n) is 12.8. The maximum absolute atomic E-state index is 11.9. The van der Waals surface area contributed by atoms with Crippen LogP contribution in [0.15, 0.2) is 63.5 Å². The number of benzene rings is 1. The number of hydrogen-bond donors (Lipinski definition) is 1. The fourth-order valence-corrected chi connectivity index (χ4v) is 2.69. The van der Waals surface area contributed by atoms with E-state index in [-0.39, 0.29) is 18.2 Å². The fourth-order valence-electron chi connectivity index (χ4n) is 1.88. The molecule has 2 aromatic heterocycles. The molecule has 0 atom stereocenters. The highest BCUT2D eigenvalue weighted by Crippen LogP contribution is 2.24. The summed E-state index contributed by atoms with van der Waals surface area (Å²) in [4.78, 5) is 17.4. The molecule has 0 radical (unpaired) electrons. The highest BCUT2D eigenvalue weighted by molar-refractivity contribution is 7.12. The molecule has 0 unspecified atom stereocenters. The van der Waals surface area contributed by atoms with Gasteiger partial charge in [-0.1, -0.05) is 35.0 Å². The van der Waals surface area contributed by atoms with Gasteiger partial charge in [0.05, 0.1) is 9.90 Å². The van der Waals surface area contributed by atoms with Crippen molar-refractivity contribution in [3.63, 3.8) is 0 Å². The lowest BCUT2D eigenvalue weighted by molar-refractivity contribution is 0.0475. The highest BCUT2D eigenvalue weighted by atomic mass is 35.5. The number of nitrogens with zero attached hydrogens (tertiary/aromatic N) is 1. The van der Waals surface area contributed by atoms with Gasteiger partial charge in [0, 0.05) is 0 Å². The van der Waals surface area contributed by atoms with E-state index in [1.807, 2.05) is 17.5 Å². The number of carbonyl (C=O) groups is 1. The number of hydrogen-bond acceptors (Lipinski definition) is 6. The summed E-state index contributed by atoms with van der Waals surface area (Å²) in [6.07, 6.45) is 0. The lowest BCUT2D eigenvalue weighted by atomic mass is 10.3. The maximum atomic E-state index is 11.9. The predicted octanol–water partition coefficient (Wildman–Crippen LogP) is 4.05. The van der Waals surface area contributed by atoms with E-state index >= 15 is 0 Å². The van der Waals surface area contributed by atoms with Crippen LogP contribution in [0.25, 0.3) is 0 Å². The van der Waals surface area contributed by atoms with E-state index in [1.165, 1.54) is 17.4 Å². The number of amidine groups is 1. The zero-order chi connectivity index (χ0) is 17.6. The number of furan rings is 1. The second-order valence-corrected chi connectivity index (χ2v) is 6.17. The molecule has 128 valence electrons. The van der Waals surface area contributed by atoms with Crippen LogP contribution in [0.1, 0.15) is 21.2 Å². The van der Waals surface area contributed by atoms with Gasteiger partial charge in [0.2, 0.25) is 5.76 Å². The van der Waals surface area contributed by atoms with Gasteiger partial charge in [-0.05, 0) is 35.7 Å². The van der Waals surface area contributed by atoms with Crippen LogP contribution in [0.5, 0.6) is 5.75 Å². The Morgan fingerprint density at radius 3 is 2.80 bits per heavy atom. The largest absolute Gasteiger partial charge is 0.484 e. The van der Waals surface area contributed by atoms with Crippen LogP contribution in [0.4, 0.5) is 0 Å². The van der Waals surface area contributed by atoms with Crippen LogP contribution in [0.3, 0.4) is 0 Å². The van der Waals surface area contributed by atoms with Crippen LogP contribution < -0.4 is 10.5 Å². The Kier molecular flexibility index (Phi) is 5.37. The first-order valence-electron chi connectivity index (χ1n) is 7.18. The molecule has 25 heavy (non-hydrogen) atoms. The molecular formula is C17H13ClN2O4S. The monoisotopic (exact) mass is 376 g/mol. The quantitative estimate of drug-likeness (QED) is 0.303. The number of thiophene rings is 1. The molecule has 6 nitrogen and oxygen atoms in total. The minimum absolute atomic E-state index is 0.000452. The van der Waals surface area contributed by atoms with E-state index in [1.54, 1.807) is 30.3 Å². The van der Waals surface area contributed by atoms with Crippen LogP contribution >= 0.6 is 22.9 Å². The summed E-state index contributed by atoms with van der Waals surface area (Å²) < 4.78 is 10.9. The van der Waals surface area contributed by atoms with E-state index in [0.29, 0.717) is 21.4 Å². The normalized spacial score (nSPS) is 11.3. The third-order valence-electron chi connectivity index (χ3n) is 3.07. The molecule has 8 heteroatoms. The summed E-state index contributed by atoms with van der Waals surface area (Å²) in [7, 11) is 0. The molecule has 0 spiro atoms. The smallest absolute Gasteiger partial charge is 0.400 e. The van der Waals surface area contributed by atoms with E-state index in [9.17, 15) is 4.79 Å². The number of halogens is 1. The molecule has 2 N–H and O–H groups in total. The van der Waals surface area contributed by atoms with Crippen LogP contribution in [-0.4, -0.2) is 11.8 Å². The molecule has 0 amide bonds. The van der Waals surface area contributed by atoms with Gasteiger partial charge in [0.25, 0.3) is 0 Å². The number of ether oxygens (including phenoxy) is 1. The van der Waals surface area contributed by atoms with E-state index in [0.717, 1.165) is 0 Å². The summed E-state index contributed by atoms with van der Waals surface area (Å²) in [5.74, 6) is 0.348. The predicted molar refractivity (Wildman–Crippen MR) is 95.0 cm³/mol. The van der Waals surface area contributed by atoms with E-state index < -0.39 is 5.97 Å². The first-order chi connectivity index (χ1) is 12.1. The SMILES string of the molecule is N/C(=N\OC(=O)c1ccc(COc2ccccc2Cl)o1)c1cccs1. The zero-order valence-corrected chi connectivity index (χ0v) is 14.4. The number of nitrogens with two attached hydrogens (primary N) is 1. The van der Waals surface area contributed by atoms with Gasteiger partial charge in [-0.3, -0.25) is 0 Å². The van der Waals surface area contributed by atoms with Gasteiger partial charge in [-0.15, -0.1) is 11.3 Å². The van der Waals surface area contributed by atoms with Crippen LogP contribution in [-0.2, 0) is 11.4 Å². The summed E-state index contributed by atoms with van der Waals surface area (Å²) in [5, 5.41) is 5.94. The molecule has 0 aliphatic carbocycles. The summed E-state index contributed by atoms with van der Waals surface area (Å²) in [6, 6.07) is 13.8. The summed E-state index contributed by atoms with van der Waals surface area (Å²) >= 11 is 7.39. The molecule has 1 aromatic carbocycles. The maximum Gasteiger partial charge on any atom is 0.400 e. The minimum Gasteiger partial charge on any atom is -0.484 e. The van der Waals surface area contributed by atoms with Gasteiger partial charge < -0.3 is 19.7 Å².